The van der Waals surface area contributed by atoms with Gasteiger partial charge in [-0.2, -0.15) is 0 Å². The van der Waals surface area contributed by atoms with Crippen LogP contribution in [0, 0.1) is 5.92 Å². The maximum atomic E-state index is 5.86. The molecule has 2 rings (SSSR count). The molecule has 0 saturated heterocycles. The van der Waals surface area contributed by atoms with Gasteiger partial charge in [0.1, 0.15) is 0 Å². The molecule has 1 heterocycles. The summed E-state index contributed by atoms with van der Waals surface area (Å²) in [5.74, 6) is 0.808. The van der Waals surface area contributed by atoms with Gasteiger partial charge in [0.25, 0.3) is 0 Å². The largest absolute Gasteiger partial charge is 0.399 e. The lowest BCUT2D eigenvalue weighted by atomic mass is 9.97. The number of nitrogen functional groups attached to an aromatic ring is 1. The highest BCUT2D eigenvalue weighted by molar-refractivity contribution is 5.45. The van der Waals surface area contributed by atoms with Crippen LogP contribution in [-0.4, -0.2) is 18.0 Å². The molecule has 1 unspecified atom stereocenters. The molecule has 1 aliphatic heterocycles. The molecule has 2 N–H and O–H groups in total. The number of anilines is 1. The Morgan fingerprint density at radius 1 is 1.35 bits per heavy atom. The van der Waals surface area contributed by atoms with Crippen LogP contribution in [0.1, 0.15) is 37.8 Å². The SMILES string of the molecule is CCCC(C)CN1CCc2ccc(N)cc2C1. The second kappa shape index (κ2) is 5.54. The number of nitrogens with zero attached hydrogens (tertiary/aromatic N) is 1. The van der Waals surface area contributed by atoms with Crippen LogP contribution < -0.4 is 5.73 Å². The molecule has 0 aliphatic carbocycles. The van der Waals surface area contributed by atoms with Crippen molar-refractivity contribution in [3.8, 4) is 0 Å². The van der Waals surface area contributed by atoms with Crippen molar-refractivity contribution in [1.29, 1.82) is 0 Å². The Morgan fingerprint density at radius 3 is 2.94 bits per heavy atom. The van der Waals surface area contributed by atoms with Crippen LogP contribution >= 0.6 is 0 Å². The summed E-state index contributed by atoms with van der Waals surface area (Å²) in [6, 6.07) is 6.36. The molecule has 2 nitrogen and oxygen atoms in total. The molecule has 0 fully saturated rings. The van der Waals surface area contributed by atoms with Gasteiger partial charge in [-0.1, -0.05) is 26.3 Å². The van der Waals surface area contributed by atoms with Crippen LogP contribution in [0.3, 0.4) is 0 Å². The van der Waals surface area contributed by atoms with E-state index in [0.717, 1.165) is 18.2 Å². The van der Waals surface area contributed by atoms with Crippen molar-refractivity contribution < 1.29 is 0 Å². The number of rotatable bonds is 4. The molecular weight excluding hydrogens is 208 g/mol. The number of hydrogen-bond donors (Lipinski definition) is 1. The van der Waals surface area contributed by atoms with E-state index >= 15 is 0 Å². The monoisotopic (exact) mass is 232 g/mol. The van der Waals surface area contributed by atoms with Gasteiger partial charge in [-0.3, -0.25) is 4.90 Å². The van der Waals surface area contributed by atoms with E-state index in [0.29, 0.717) is 0 Å². The normalized spacial score (nSPS) is 17.8. The van der Waals surface area contributed by atoms with Crippen LogP contribution in [-0.2, 0) is 13.0 Å². The lowest BCUT2D eigenvalue weighted by Gasteiger charge is -2.31. The van der Waals surface area contributed by atoms with Gasteiger partial charge in [0, 0.05) is 25.3 Å². The summed E-state index contributed by atoms with van der Waals surface area (Å²) in [6.07, 6.45) is 3.80. The summed E-state index contributed by atoms with van der Waals surface area (Å²) in [5.41, 5.74) is 9.67. The lowest BCUT2D eigenvalue weighted by molar-refractivity contribution is 0.215. The predicted octanol–water partition coefficient (Wildman–Crippen LogP) is 3.06. The summed E-state index contributed by atoms with van der Waals surface area (Å²) in [7, 11) is 0. The maximum absolute atomic E-state index is 5.86. The zero-order valence-electron chi connectivity index (χ0n) is 11.1. The minimum absolute atomic E-state index is 0.808. The fourth-order valence-electron chi connectivity index (χ4n) is 2.82. The van der Waals surface area contributed by atoms with Crippen molar-refractivity contribution >= 4 is 5.69 Å². The highest BCUT2D eigenvalue weighted by Crippen LogP contribution is 2.22. The molecule has 0 saturated carbocycles. The molecule has 0 aromatic heterocycles. The van der Waals surface area contributed by atoms with Crippen LogP contribution in [0.15, 0.2) is 18.2 Å². The van der Waals surface area contributed by atoms with Crippen LogP contribution in [0.2, 0.25) is 0 Å². The number of hydrogen-bond acceptors (Lipinski definition) is 2. The van der Waals surface area contributed by atoms with Crippen LogP contribution in [0.5, 0.6) is 0 Å². The van der Waals surface area contributed by atoms with Gasteiger partial charge in [0.15, 0.2) is 0 Å². The van der Waals surface area contributed by atoms with Crippen molar-refractivity contribution in [3.63, 3.8) is 0 Å². The Hall–Kier alpha value is -1.02. The van der Waals surface area contributed by atoms with E-state index in [1.807, 2.05) is 6.07 Å². The Bertz CT molecular complexity index is 373. The first-order valence-electron chi connectivity index (χ1n) is 6.78. The van der Waals surface area contributed by atoms with E-state index in [9.17, 15) is 0 Å². The van der Waals surface area contributed by atoms with Crippen LogP contribution in [0.25, 0.3) is 0 Å². The Labute approximate surface area is 105 Å². The molecule has 0 bridgehead atoms. The van der Waals surface area contributed by atoms with Gasteiger partial charge >= 0.3 is 0 Å². The molecule has 1 aromatic carbocycles. The van der Waals surface area contributed by atoms with Gasteiger partial charge < -0.3 is 5.73 Å². The molecule has 17 heavy (non-hydrogen) atoms. The topological polar surface area (TPSA) is 29.3 Å². The number of fused-ring (bicyclic) bond motifs is 1. The minimum Gasteiger partial charge on any atom is -0.399 e. The molecule has 2 heteroatoms. The average molecular weight is 232 g/mol. The lowest BCUT2D eigenvalue weighted by Crippen LogP contribution is -2.34. The van der Waals surface area contributed by atoms with Crippen molar-refractivity contribution in [2.75, 3.05) is 18.8 Å². The molecule has 0 radical (unpaired) electrons. The van der Waals surface area contributed by atoms with E-state index in [1.54, 1.807) is 0 Å². The summed E-state index contributed by atoms with van der Waals surface area (Å²) in [6.45, 7) is 8.13. The molecular formula is C15H24N2. The predicted molar refractivity (Wildman–Crippen MR) is 73.9 cm³/mol. The zero-order valence-corrected chi connectivity index (χ0v) is 11.1. The summed E-state index contributed by atoms with van der Waals surface area (Å²) >= 11 is 0. The van der Waals surface area contributed by atoms with Crippen molar-refractivity contribution in [1.82, 2.24) is 4.90 Å². The zero-order chi connectivity index (χ0) is 12.3. The molecule has 0 spiro atoms. The molecule has 0 amide bonds. The van der Waals surface area contributed by atoms with Gasteiger partial charge in [-0.25, -0.2) is 0 Å². The highest BCUT2D eigenvalue weighted by Gasteiger charge is 2.17. The van der Waals surface area contributed by atoms with Crippen molar-refractivity contribution in [3.05, 3.63) is 29.3 Å². The van der Waals surface area contributed by atoms with Gasteiger partial charge in [0.2, 0.25) is 0 Å². The van der Waals surface area contributed by atoms with E-state index in [1.165, 1.54) is 43.5 Å². The Kier molecular flexibility index (Phi) is 4.06. The Morgan fingerprint density at radius 2 is 2.18 bits per heavy atom. The van der Waals surface area contributed by atoms with Crippen molar-refractivity contribution in [2.24, 2.45) is 5.92 Å². The van der Waals surface area contributed by atoms with E-state index < -0.39 is 0 Å². The fourth-order valence-corrected chi connectivity index (χ4v) is 2.82. The van der Waals surface area contributed by atoms with E-state index in [4.69, 9.17) is 5.73 Å². The van der Waals surface area contributed by atoms with E-state index in [-0.39, 0.29) is 0 Å². The molecule has 94 valence electrons. The number of benzene rings is 1. The molecule has 1 aromatic rings. The minimum atomic E-state index is 0.808. The first kappa shape index (κ1) is 12.4. The quantitative estimate of drug-likeness (QED) is 0.808. The third kappa shape index (κ3) is 3.22. The third-order valence-electron chi connectivity index (χ3n) is 3.67. The highest BCUT2D eigenvalue weighted by atomic mass is 15.1. The summed E-state index contributed by atoms with van der Waals surface area (Å²) in [4.78, 5) is 2.57. The summed E-state index contributed by atoms with van der Waals surface area (Å²) < 4.78 is 0. The second-order valence-electron chi connectivity index (χ2n) is 5.41. The second-order valence-corrected chi connectivity index (χ2v) is 5.41. The first-order chi connectivity index (χ1) is 8.19. The third-order valence-corrected chi connectivity index (χ3v) is 3.67. The standard InChI is InChI=1S/C15H24N2/c1-3-4-12(2)10-17-8-7-13-5-6-15(16)9-14(13)11-17/h5-6,9,12H,3-4,7-8,10-11,16H2,1-2H3. The fraction of sp³-hybridized carbons (Fsp3) is 0.600. The maximum Gasteiger partial charge on any atom is 0.0317 e. The molecule has 1 atom stereocenters. The first-order valence-corrected chi connectivity index (χ1v) is 6.78. The van der Waals surface area contributed by atoms with Gasteiger partial charge in [-0.05, 0) is 42.0 Å². The van der Waals surface area contributed by atoms with E-state index in [2.05, 4.69) is 30.9 Å². The smallest absolute Gasteiger partial charge is 0.0317 e. The van der Waals surface area contributed by atoms with Gasteiger partial charge in [0.05, 0.1) is 0 Å². The average Bonchev–Trinajstić information content (AvgIpc) is 2.28. The van der Waals surface area contributed by atoms with Crippen LogP contribution in [0.4, 0.5) is 5.69 Å². The summed E-state index contributed by atoms with van der Waals surface area (Å²) in [5, 5.41) is 0. The van der Waals surface area contributed by atoms with Crippen molar-refractivity contribution in [2.45, 2.75) is 39.7 Å². The molecule has 1 aliphatic rings. The van der Waals surface area contributed by atoms with Gasteiger partial charge in [-0.15, -0.1) is 0 Å². The Balaban J connectivity index is 1.98. The number of nitrogens with two attached hydrogens (primary N) is 1.